The number of carboxylic acids is 1. The summed E-state index contributed by atoms with van der Waals surface area (Å²) in [6.07, 6.45) is 0. The first kappa shape index (κ1) is 13.7. The monoisotopic (exact) mass is 370 g/mol. The lowest BCUT2D eigenvalue weighted by Crippen LogP contribution is -2.00. The smallest absolute Gasteiger partial charge is 0.339 e. The number of carboxylic acid groups (broad SMARTS) is 1. The largest absolute Gasteiger partial charge is 0.507 e. The first-order valence-electron chi connectivity index (χ1n) is 5.50. The minimum absolute atomic E-state index is 0.167. The van der Waals surface area contributed by atoms with Crippen molar-refractivity contribution in [3.8, 4) is 11.5 Å². The van der Waals surface area contributed by atoms with Crippen molar-refractivity contribution >= 4 is 28.6 Å². The minimum atomic E-state index is -1.18. The number of aromatic hydroxyl groups is 1. The van der Waals surface area contributed by atoms with Crippen LogP contribution in [0.4, 0.5) is 0 Å². The molecule has 0 atom stereocenters. The molecule has 0 aliphatic heterocycles. The molecular formula is C14H11IO4. The lowest BCUT2D eigenvalue weighted by atomic mass is 10.2. The Morgan fingerprint density at radius 1 is 1.16 bits per heavy atom. The molecule has 4 nitrogen and oxygen atoms in total. The van der Waals surface area contributed by atoms with Gasteiger partial charge in [0.05, 0.1) is 0 Å². The summed E-state index contributed by atoms with van der Waals surface area (Å²) in [6.45, 7) is 0.348. The third-order valence-corrected chi connectivity index (χ3v) is 3.24. The highest BCUT2D eigenvalue weighted by Crippen LogP contribution is 2.23. The van der Waals surface area contributed by atoms with Crippen LogP contribution in [0.25, 0.3) is 0 Å². The van der Waals surface area contributed by atoms with E-state index in [-0.39, 0.29) is 11.3 Å². The topological polar surface area (TPSA) is 66.8 Å². The summed E-state index contributed by atoms with van der Waals surface area (Å²) >= 11 is 2.22. The van der Waals surface area contributed by atoms with Gasteiger partial charge in [0, 0.05) is 3.57 Å². The molecule has 2 rings (SSSR count). The predicted molar refractivity (Wildman–Crippen MR) is 78.6 cm³/mol. The zero-order valence-electron chi connectivity index (χ0n) is 9.84. The molecule has 0 unspecified atom stereocenters. The first-order chi connectivity index (χ1) is 9.06. The number of aromatic carboxylic acids is 1. The minimum Gasteiger partial charge on any atom is -0.507 e. The molecule has 0 radical (unpaired) electrons. The van der Waals surface area contributed by atoms with Gasteiger partial charge in [-0.25, -0.2) is 4.79 Å². The van der Waals surface area contributed by atoms with Crippen molar-refractivity contribution in [3.05, 3.63) is 57.2 Å². The molecule has 2 N–H and O–H groups in total. The van der Waals surface area contributed by atoms with E-state index in [4.69, 9.17) is 9.84 Å². The van der Waals surface area contributed by atoms with Crippen LogP contribution in [-0.2, 0) is 6.61 Å². The maximum atomic E-state index is 10.9. The number of phenols is 1. The van der Waals surface area contributed by atoms with Crippen molar-refractivity contribution in [2.24, 2.45) is 0 Å². The molecule has 0 aliphatic rings. The highest BCUT2D eigenvalue weighted by atomic mass is 127. The fraction of sp³-hybridized carbons (Fsp3) is 0.0714. The summed E-state index contributed by atoms with van der Waals surface area (Å²) in [5.41, 5.74) is 0.825. The lowest BCUT2D eigenvalue weighted by Gasteiger charge is -2.08. The quantitative estimate of drug-likeness (QED) is 0.811. The van der Waals surface area contributed by atoms with E-state index in [0.29, 0.717) is 12.4 Å². The van der Waals surface area contributed by atoms with Crippen molar-refractivity contribution in [1.29, 1.82) is 0 Å². The molecule has 0 aliphatic carbocycles. The zero-order chi connectivity index (χ0) is 13.8. The number of benzene rings is 2. The van der Waals surface area contributed by atoms with Gasteiger partial charge in [0.1, 0.15) is 23.7 Å². The second-order valence-corrected chi connectivity index (χ2v) is 5.14. The highest BCUT2D eigenvalue weighted by molar-refractivity contribution is 14.1. The molecule has 2 aromatic carbocycles. The molecular weight excluding hydrogens is 359 g/mol. The van der Waals surface area contributed by atoms with Crippen LogP contribution >= 0.6 is 22.6 Å². The van der Waals surface area contributed by atoms with E-state index in [9.17, 15) is 9.90 Å². The van der Waals surface area contributed by atoms with Gasteiger partial charge in [-0.05, 0) is 58.5 Å². The van der Waals surface area contributed by atoms with Gasteiger partial charge < -0.3 is 14.9 Å². The van der Waals surface area contributed by atoms with Crippen LogP contribution in [-0.4, -0.2) is 16.2 Å². The molecule has 98 valence electrons. The molecule has 0 heterocycles. The molecule has 0 spiro atoms. The number of rotatable bonds is 4. The van der Waals surface area contributed by atoms with Crippen LogP contribution in [0.1, 0.15) is 15.9 Å². The Balaban J connectivity index is 2.09. The van der Waals surface area contributed by atoms with Crippen LogP contribution in [0.15, 0.2) is 42.5 Å². The van der Waals surface area contributed by atoms with Gasteiger partial charge in [-0.2, -0.15) is 0 Å². The Labute approximate surface area is 123 Å². The highest BCUT2D eigenvalue weighted by Gasteiger charge is 2.10. The van der Waals surface area contributed by atoms with E-state index in [2.05, 4.69) is 22.6 Å². The summed E-state index contributed by atoms with van der Waals surface area (Å²) < 4.78 is 6.64. The molecule has 0 saturated carbocycles. The van der Waals surface area contributed by atoms with Gasteiger partial charge in [-0.15, -0.1) is 0 Å². The van der Waals surface area contributed by atoms with Crippen molar-refractivity contribution in [1.82, 2.24) is 0 Å². The van der Waals surface area contributed by atoms with Crippen LogP contribution < -0.4 is 4.74 Å². The van der Waals surface area contributed by atoms with Crippen LogP contribution in [0, 0.1) is 3.57 Å². The molecule has 0 amide bonds. The second-order valence-electron chi connectivity index (χ2n) is 3.90. The normalized spacial score (nSPS) is 10.2. The molecule has 0 saturated heterocycles. The maximum Gasteiger partial charge on any atom is 0.339 e. The average molecular weight is 370 g/mol. The van der Waals surface area contributed by atoms with Gasteiger partial charge >= 0.3 is 5.97 Å². The molecule has 19 heavy (non-hydrogen) atoms. The summed E-state index contributed by atoms with van der Waals surface area (Å²) in [7, 11) is 0. The summed E-state index contributed by atoms with van der Waals surface area (Å²) in [4.78, 5) is 10.9. The van der Waals surface area contributed by atoms with Gasteiger partial charge in [0.25, 0.3) is 0 Å². The first-order valence-corrected chi connectivity index (χ1v) is 6.57. The number of ether oxygens (including phenoxy) is 1. The van der Waals surface area contributed by atoms with Crippen LogP contribution in [0.2, 0.25) is 0 Å². The third kappa shape index (κ3) is 3.60. The van der Waals surface area contributed by atoms with Gasteiger partial charge in [0.15, 0.2) is 0 Å². The van der Waals surface area contributed by atoms with E-state index in [1.54, 1.807) is 0 Å². The Bertz CT molecular complexity index is 593. The fourth-order valence-electron chi connectivity index (χ4n) is 1.52. The SMILES string of the molecule is O=C(O)c1cc(OCc2ccc(I)cc2)ccc1O. The number of hydrogen-bond donors (Lipinski definition) is 2. The Morgan fingerprint density at radius 3 is 2.47 bits per heavy atom. The van der Waals surface area contributed by atoms with Crippen molar-refractivity contribution < 1.29 is 19.7 Å². The summed E-state index contributed by atoms with van der Waals surface area (Å²) in [5.74, 6) is -1.04. The third-order valence-electron chi connectivity index (χ3n) is 2.52. The van der Waals surface area contributed by atoms with Crippen molar-refractivity contribution in [2.45, 2.75) is 6.61 Å². The van der Waals surface area contributed by atoms with Crippen LogP contribution in [0.5, 0.6) is 11.5 Å². The Morgan fingerprint density at radius 2 is 1.84 bits per heavy atom. The zero-order valence-corrected chi connectivity index (χ0v) is 12.0. The van der Waals surface area contributed by atoms with E-state index >= 15 is 0 Å². The predicted octanol–water partition coefficient (Wildman–Crippen LogP) is 3.27. The Kier molecular flexibility index (Phi) is 4.26. The molecule has 0 bridgehead atoms. The van der Waals surface area contributed by atoms with Crippen LogP contribution in [0.3, 0.4) is 0 Å². The summed E-state index contributed by atoms with van der Waals surface area (Å²) in [5, 5.41) is 18.3. The van der Waals surface area contributed by atoms with Gasteiger partial charge in [-0.3, -0.25) is 0 Å². The fourth-order valence-corrected chi connectivity index (χ4v) is 1.88. The van der Waals surface area contributed by atoms with E-state index in [1.807, 2.05) is 24.3 Å². The van der Waals surface area contributed by atoms with E-state index < -0.39 is 5.97 Å². The van der Waals surface area contributed by atoms with Gasteiger partial charge in [0.2, 0.25) is 0 Å². The number of hydrogen-bond acceptors (Lipinski definition) is 3. The van der Waals surface area contributed by atoms with Crippen molar-refractivity contribution in [3.63, 3.8) is 0 Å². The average Bonchev–Trinajstić information content (AvgIpc) is 2.39. The maximum absolute atomic E-state index is 10.9. The van der Waals surface area contributed by atoms with Crippen molar-refractivity contribution in [2.75, 3.05) is 0 Å². The molecule has 0 fully saturated rings. The number of carbonyl (C=O) groups is 1. The van der Waals surface area contributed by atoms with E-state index in [0.717, 1.165) is 9.13 Å². The van der Waals surface area contributed by atoms with Gasteiger partial charge in [-0.1, -0.05) is 12.1 Å². The number of halogens is 1. The van der Waals surface area contributed by atoms with E-state index in [1.165, 1.54) is 18.2 Å². The lowest BCUT2D eigenvalue weighted by molar-refractivity contribution is 0.0693. The molecule has 0 aromatic heterocycles. The molecule has 2 aromatic rings. The molecule has 5 heteroatoms. The Hall–Kier alpha value is -1.76. The second kappa shape index (κ2) is 5.92. The summed E-state index contributed by atoms with van der Waals surface area (Å²) in [6, 6.07) is 12.0. The standard InChI is InChI=1S/C14H11IO4/c15-10-3-1-9(2-4-10)8-19-11-5-6-13(16)12(7-11)14(17)18/h1-7,16H,8H2,(H,17,18).